The van der Waals surface area contributed by atoms with Gasteiger partial charge >= 0.3 is 0 Å². The molecule has 2 aromatic carbocycles. The molecule has 0 fully saturated rings. The van der Waals surface area contributed by atoms with Crippen molar-refractivity contribution in [3.63, 3.8) is 0 Å². The first kappa shape index (κ1) is 19.4. The van der Waals surface area contributed by atoms with Gasteiger partial charge in [-0.1, -0.05) is 18.2 Å². The Bertz CT molecular complexity index is 1020. The number of hydrogen-bond acceptors (Lipinski definition) is 5. The van der Waals surface area contributed by atoms with Crippen LogP contribution in [0.5, 0.6) is 11.5 Å². The van der Waals surface area contributed by atoms with E-state index in [-0.39, 0.29) is 5.91 Å². The molecule has 3 aromatic rings. The normalized spacial score (nSPS) is 12.5. The Labute approximate surface area is 174 Å². The number of fused-ring (bicyclic) bond motifs is 1. The molecule has 0 bridgehead atoms. The van der Waals surface area contributed by atoms with Crippen LogP contribution in [0, 0.1) is 0 Å². The standard InChI is InChI=1S/C22H23N3O3S/c1-3-27-19-11-10-15(12-20(19)28-4-2)22(26)23-21-17-13-29-14-18(17)24-25(21)16-8-6-5-7-9-16/h5-12H,3-4,13-14H2,1-2H3,(H,23,26). The summed E-state index contributed by atoms with van der Waals surface area (Å²) >= 11 is 1.80. The Morgan fingerprint density at radius 1 is 1.07 bits per heavy atom. The van der Waals surface area contributed by atoms with E-state index in [1.807, 2.05) is 48.9 Å². The SMILES string of the molecule is CCOc1ccc(C(=O)Nc2c3c(nn2-c2ccccc2)CSC3)cc1OCC. The second kappa shape index (κ2) is 8.61. The maximum absolute atomic E-state index is 13.1. The zero-order valence-electron chi connectivity index (χ0n) is 16.5. The van der Waals surface area contributed by atoms with E-state index in [9.17, 15) is 4.79 Å². The number of para-hydroxylation sites is 1. The van der Waals surface area contributed by atoms with Crippen molar-refractivity contribution in [2.24, 2.45) is 0 Å². The number of rotatable bonds is 7. The van der Waals surface area contributed by atoms with Crippen molar-refractivity contribution in [3.05, 3.63) is 65.4 Å². The number of ether oxygens (including phenoxy) is 2. The molecule has 29 heavy (non-hydrogen) atoms. The predicted molar refractivity (Wildman–Crippen MR) is 115 cm³/mol. The van der Waals surface area contributed by atoms with Gasteiger partial charge in [0.2, 0.25) is 0 Å². The third kappa shape index (κ3) is 3.96. The Kier molecular flexibility index (Phi) is 5.76. The number of aromatic nitrogens is 2. The predicted octanol–water partition coefficient (Wildman–Crippen LogP) is 4.67. The number of hydrogen-bond donors (Lipinski definition) is 1. The van der Waals surface area contributed by atoms with Crippen LogP contribution >= 0.6 is 11.8 Å². The van der Waals surface area contributed by atoms with Crippen LogP contribution in [0.15, 0.2) is 48.5 Å². The number of carbonyl (C=O) groups excluding carboxylic acids is 1. The molecular weight excluding hydrogens is 386 g/mol. The number of carbonyl (C=O) groups is 1. The van der Waals surface area contributed by atoms with Crippen LogP contribution in [-0.4, -0.2) is 28.9 Å². The number of amides is 1. The van der Waals surface area contributed by atoms with Crippen molar-refractivity contribution < 1.29 is 14.3 Å². The summed E-state index contributed by atoms with van der Waals surface area (Å²) in [6, 6.07) is 15.1. The van der Waals surface area contributed by atoms with E-state index in [0.29, 0.717) is 30.3 Å². The molecule has 0 unspecified atom stereocenters. The molecular formula is C22H23N3O3S. The lowest BCUT2D eigenvalue weighted by Crippen LogP contribution is -2.16. The van der Waals surface area contributed by atoms with Gasteiger partial charge in [0.05, 0.1) is 24.6 Å². The van der Waals surface area contributed by atoms with Gasteiger partial charge in [0.25, 0.3) is 5.91 Å². The summed E-state index contributed by atoms with van der Waals surface area (Å²) in [5.74, 6) is 3.43. The summed E-state index contributed by atoms with van der Waals surface area (Å²) in [6.07, 6.45) is 0. The molecule has 1 aliphatic rings. The van der Waals surface area contributed by atoms with Gasteiger partial charge in [-0.25, -0.2) is 4.68 Å². The maximum atomic E-state index is 13.1. The van der Waals surface area contributed by atoms with Crippen LogP contribution < -0.4 is 14.8 Å². The molecule has 4 rings (SSSR count). The Morgan fingerprint density at radius 2 is 1.83 bits per heavy atom. The first-order valence-electron chi connectivity index (χ1n) is 9.66. The van der Waals surface area contributed by atoms with Gasteiger partial charge in [-0.05, 0) is 44.2 Å². The molecule has 150 valence electrons. The Morgan fingerprint density at radius 3 is 2.59 bits per heavy atom. The Hall–Kier alpha value is -2.93. The molecule has 0 atom stereocenters. The molecule has 1 N–H and O–H groups in total. The first-order valence-corrected chi connectivity index (χ1v) is 10.8. The van der Waals surface area contributed by atoms with Gasteiger partial charge in [0.15, 0.2) is 11.5 Å². The lowest BCUT2D eigenvalue weighted by Gasteiger charge is -2.14. The second-order valence-corrected chi connectivity index (χ2v) is 7.48. The van der Waals surface area contributed by atoms with E-state index in [1.165, 1.54) is 0 Å². The van der Waals surface area contributed by atoms with Crippen LogP contribution in [-0.2, 0) is 11.5 Å². The van der Waals surface area contributed by atoms with Crippen LogP contribution in [0.4, 0.5) is 5.82 Å². The summed E-state index contributed by atoms with van der Waals surface area (Å²) < 4.78 is 13.1. The number of benzene rings is 2. The van der Waals surface area contributed by atoms with Gasteiger partial charge in [-0.2, -0.15) is 16.9 Å². The molecule has 0 spiro atoms. The average molecular weight is 410 g/mol. The average Bonchev–Trinajstić information content (AvgIpc) is 3.33. The molecule has 6 nitrogen and oxygen atoms in total. The molecule has 7 heteroatoms. The van der Waals surface area contributed by atoms with Crippen molar-refractivity contribution in [2.45, 2.75) is 25.4 Å². The summed E-state index contributed by atoms with van der Waals surface area (Å²) in [7, 11) is 0. The third-order valence-corrected chi connectivity index (χ3v) is 5.56. The van der Waals surface area contributed by atoms with Crippen molar-refractivity contribution >= 4 is 23.5 Å². The summed E-state index contributed by atoms with van der Waals surface area (Å²) in [5, 5.41) is 7.81. The molecule has 1 amide bonds. The molecule has 0 saturated heterocycles. The fourth-order valence-corrected chi connectivity index (χ4v) is 4.30. The molecule has 1 aromatic heterocycles. The van der Waals surface area contributed by atoms with E-state index in [0.717, 1.165) is 34.3 Å². The van der Waals surface area contributed by atoms with E-state index < -0.39 is 0 Å². The van der Waals surface area contributed by atoms with Gasteiger partial charge in [0, 0.05) is 22.6 Å². The summed E-state index contributed by atoms with van der Waals surface area (Å²) in [4.78, 5) is 13.1. The van der Waals surface area contributed by atoms with Crippen LogP contribution in [0.25, 0.3) is 5.69 Å². The highest BCUT2D eigenvalue weighted by molar-refractivity contribution is 7.98. The highest BCUT2D eigenvalue weighted by Gasteiger charge is 2.25. The summed E-state index contributed by atoms with van der Waals surface area (Å²) in [5.41, 5.74) is 3.54. The highest BCUT2D eigenvalue weighted by atomic mass is 32.2. The Balaban J connectivity index is 1.66. The quantitative estimate of drug-likeness (QED) is 0.614. The lowest BCUT2D eigenvalue weighted by molar-refractivity contribution is 0.102. The fraction of sp³-hybridized carbons (Fsp3) is 0.273. The van der Waals surface area contributed by atoms with E-state index in [2.05, 4.69) is 5.32 Å². The monoisotopic (exact) mass is 409 g/mol. The smallest absolute Gasteiger partial charge is 0.256 e. The number of thioether (sulfide) groups is 1. The van der Waals surface area contributed by atoms with Crippen molar-refractivity contribution in [1.29, 1.82) is 0 Å². The van der Waals surface area contributed by atoms with Gasteiger partial charge in [-0.15, -0.1) is 0 Å². The molecule has 0 radical (unpaired) electrons. The zero-order valence-corrected chi connectivity index (χ0v) is 17.3. The number of nitrogens with one attached hydrogen (secondary N) is 1. The third-order valence-electron chi connectivity index (χ3n) is 4.59. The van der Waals surface area contributed by atoms with Gasteiger partial charge in [-0.3, -0.25) is 4.79 Å². The minimum absolute atomic E-state index is 0.203. The van der Waals surface area contributed by atoms with E-state index >= 15 is 0 Å². The van der Waals surface area contributed by atoms with Crippen LogP contribution in [0.3, 0.4) is 0 Å². The number of nitrogens with zero attached hydrogens (tertiary/aromatic N) is 2. The largest absolute Gasteiger partial charge is 0.490 e. The minimum Gasteiger partial charge on any atom is -0.490 e. The fourth-order valence-electron chi connectivity index (χ4n) is 3.27. The highest BCUT2D eigenvalue weighted by Crippen LogP contribution is 2.36. The van der Waals surface area contributed by atoms with E-state index in [1.54, 1.807) is 30.0 Å². The van der Waals surface area contributed by atoms with Crippen LogP contribution in [0.1, 0.15) is 35.5 Å². The van der Waals surface area contributed by atoms with Gasteiger partial charge < -0.3 is 14.8 Å². The van der Waals surface area contributed by atoms with E-state index in [4.69, 9.17) is 14.6 Å². The minimum atomic E-state index is -0.203. The molecule has 1 aliphatic heterocycles. The second-order valence-electron chi connectivity index (χ2n) is 6.50. The molecule has 0 saturated carbocycles. The molecule has 0 aliphatic carbocycles. The lowest BCUT2D eigenvalue weighted by atomic mass is 10.1. The topological polar surface area (TPSA) is 65.4 Å². The van der Waals surface area contributed by atoms with Crippen LogP contribution in [0.2, 0.25) is 0 Å². The maximum Gasteiger partial charge on any atom is 0.256 e. The summed E-state index contributed by atoms with van der Waals surface area (Å²) in [6.45, 7) is 4.85. The van der Waals surface area contributed by atoms with Crippen molar-refractivity contribution in [1.82, 2.24) is 9.78 Å². The first-order chi connectivity index (χ1) is 14.2. The van der Waals surface area contributed by atoms with Crippen molar-refractivity contribution in [3.8, 4) is 17.2 Å². The molecule has 2 heterocycles. The van der Waals surface area contributed by atoms with Gasteiger partial charge in [0.1, 0.15) is 5.82 Å². The van der Waals surface area contributed by atoms with Crippen molar-refractivity contribution in [2.75, 3.05) is 18.5 Å². The zero-order chi connectivity index (χ0) is 20.2. The number of anilines is 1.